The highest BCUT2D eigenvalue weighted by Gasteiger charge is 2.26. The predicted molar refractivity (Wildman–Crippen MR) is 76.6 cm³/mol. The molecule has 1 aromatic heterocycles. The second-order valence-electron chi connectivity index (χ2n) is 4.51. The molecule has 0 saturated carbocycles. The summed E-state index contributed by atoms with van der Waals surface area (Å²) in [5.41, 5.74) is 1.07. The number of ether oxygens (including phenoxy) is 2. The molecule has 0 fully saturated rings. The quantitative estimate of drug-likeness (QED) is 0.747. The van der Waals surface area contributed by atoms with Gasteiger partial charge in [0.15, 0.2) is 5.75 Å². The average molecular weight is 269 g/mol. The Kier molecular flexibility index (Phi) is 6.87. The van der Waals surface area contributed by atoms with Crippen molar-refractivity contribution in [3.05, 3.63) is 11.9 Å². The van der Waals surface area contributed by atoms with Crippen molar-refractivity contribution in [3.8, 4) is 5.75 Å². The first-order chi connectivity index (χ1) is 9.19. The van der Waals surface area contributed by atoms with Crippen molar-refractivity contribution in [2.75, 3.05) is 20.3 Å². The summed E-state index contributed by atoms with van der Waals surface area (Å²) in [5.74, 6) is 0.821. The minimum Gasteiger partial charge on any atom is -0.493 e. The summed E-state index contributed by atoms with van der Waals surface area (Å²) in [4.78, 5) is 0. The summed E-state index contributed by atoms with van der Waals surface area (Å²) in [6.07, 6.45) is 2.93. The zero-order valence-corrected chi connectivity index (χ0v) is 12.8. The van der Waals surface area contributed by atoms with E-state index >= 15 is 0 Å². The first-order valence-corrected chi connectivity index (χ1v) is 7.14. The second-order valence-corrected chi connectivity index (χ2v) is 4.51. The van der Waals surface area contributed by atoms with Crippen LogP contribution in [0.3, 0.4) is 0 Å². The smallest absolute Gasteiger partial charge is 0.161 e. The highest BCUT2D eigenvalue weighted by molar-refractivity contribution is 5.29. The maximum atomic E-state index is 5.76. The summed E-state index contributed by atoms with van der Waals surface area (Å²) in [6, 6.07) is 0.0947. The number of rotatable bonds is 9. The molecule has 0 saturated heterocycles. The highest BCUT2D eigenvalue weighted by Crippen LogP contribution is 2.28. The van der Waals surface area contributed by atoms with E-state index in [-0.39, 0.29) is 12.1 Å². The molecule has 2 atom stereocenters. The van der Waals surface area contributed by atoms with Crippen LogP contribution in [0.1, 0.15) is 45.9 Å². The Labute approximate surface area is 116 Å². The van der Waals surface area contributed by atoms with Gasteiger partial charge in [-0.05, 0) is 33.7 Å². The van der Waals surface area contributed by atoms with Crippen molar-refractivity contribution < 1.29 is 9.47 Å². The molecule has 0 amide bonds. The van der Waals surface area contributed by atoms with Crippen LogP contribution in [0.2, 0.25) is 0 Å². The molecule has 5 heteroatoms. The molecule has 1 rings (SSSR count). The van der Waals surface area contributed by atoms with Crippen molar-refractivity contribution in [2.24, 2.45) is 0 Å². The van der Waals surface area contributed by atoms with Crippen LogP contribution in [-0.2, 0) is 11.3 Å². The van der Waals surface area contributed by atoms with Gasteiger partial charge < -0.3 is 14.8 Å². The highest BCUT2D eigenvalue weighted by atomic mass is 16.5. The van der Waals surface area contributed by atoms with Gasteiger partial charge in [-0.2, -0.15) is 5.10 Å². The number of hydrogen-bond acceptors (Lipinski definition) is 4. The molecule has 1 N–H and O–H groups in total. The Hall–Kier alpha value is -1.07. The van der Waals surface area contributed by atoms with Crippen molar-refractivity contribution in [1.29, 1.82) is 0 Å². The molecule has 0 aliphatic carbocycles. The molecule has 0 aromatic carbocycles. The van der Waals surface area contributed by atoms with Crippen LogP contribution in [0.4, 0.5) is 0 Å². The summed E-state index contributed by atoms with van der Waals surface area (Å²) < 4.78 is 13.2. The molecule has 0 radical (unpaired) electrons. The molecule has 1 aromatic rings. The van der Waals surface area contributed by atoms with Crippen LogP contribution in [0.15, 0.2) is 6.20 Å². The van der Waals surface area contributed by atoms with E-state index in [1.807, 2.05) is 11.6 Å². The standard InChI is InChI=1S/C14H27N3O2/c1-6-9-15-13(11(4)19-8-3)14-12(18-5)10-16-17(14)7-2/h10-11,13,15H,6-9H2,1-5H3. The number of aryl methyl sites for hydroxylation is 1. The molecule has 110 valence electrons. The number of nitrogens with one attached hydrogen (secondary N) is 1. The normalized spacial score (nSPS) is 14.4. The second kappa shape index (κ2) is 8.17. The van der Waals surface area contributed by atoms with Crippen molar-refractivity contribution in [3.63, 3.8) is 0 Å². The van der Waals surface area contributed by atoms with Gasteiger partial charge in [0, 0.05) is 13.2 Å². The lowest BCUT2D eigenvalue weighted by Gasteiger charge is -2.26. The maximum absolute atomic E-state index is 5.76. The lowest BCUT2D eigenvalue weighted by Crippen LogP contribution is -2.34. The van der Waals surface area contributed by atoms with E-state index in [0.717, 1.165) is 31.0 Å². The zero-order valence-electron chi connectivity index (χ0n) is 12.8. The first kappa shape index (κ1) is 16.0. The van der Waals surface area contributed by atoms with E-state index in [9.17, 15) is 0 Å². The number of methoxy groups -OCH3 is 1. The zero-order chi connectivity index (χ0) is 14.3. The number of nitrogens with zero attached hydrogens (tertiary/aromatic N) is 2. The van der Waals surface area contributed by atoms with Crippen LogP contribution >= 0.6 is 0 Å². The Bertz CT molecular complexity index is 344. The third kappa shape index (κ3) is 3.94. The molecule has 1 heterocycles. The SMILES string of the molecule is CCCNC(c1c(OC)cnn1CC)C(C)OCC. The summed E-state index contributed by atoms with van der Waals surface area (Å²) >= 11 is 0. The van der Waals surface area contributed by atoms with Gasteiger partial charge >= 0.3 is 0 Å². The summed E-state index contributed by atoms with van der Waals surface area (Å²) in [5, 5.41) is 7.91. The minimum absolute atomic E-state index is 0.0763. The Morgan fingerprint density at radius 1 is 1.37 bits per heavy atom. The van der Waals surface area contributed by atoms with E-state index in [0.29, 0.717) is 6.61 Å². The molecule has 0 aliphatic heterocycles. The molecule has 0 bridgehead atoms. The molecule has 19 heavy (non-hydrogen) atoms. The fraction of sp³-hybridized carbons (Fsp3) is 0.786. The number of aromatic nitrogens is 2. The molecule has 5 nitrogen and oxygen atoms in total. The monoisotopic (exact) mass is 269 g/mol. The molecular weight excluding hydrogens is 242 g/mol. The largest absolute Gasteiger partial charge is 0.493 e. The van der Waals surface area contributed by atoms with Crippen LogP contribution in [0.25, 0.3) is 0 Å². The van der Waals surface area contributed by atoms with Gasteiger partial charge in [0.2, 0.25) is 0 Å². The third-order valence-electron chi connectivity index (χ3n) is 3.17. The Morgan fingerprint density at radius 2 is 2.11 bits per heavy atom. The molecular formula is C14H27N3O2. The van der Waals surface area contributed by atoms with E-state index < -0.39 is 0 Å². The van der Waals surface area contributed by atoms with Gasteiger partial charge in [0.05, 0.1) is 31.1 Å². The molecule has 0 spiro atoms. The van der Waals surface area contributed by atoms with Crippen molar-refractivity contribution in [1.82, 2.24) is 15.1 Å². The van der Waals surface area contributed by atoms with Gasteiger partial charge in [-0.25, -0.2) is 0 Å². The van der Waals surface area contributed by atoms with E-state index in [2.05, 4.69) is 31.2 Å². The predicted octanol–water partition coefficient (Wildman–Crippen LogP) is 2.38. The van der Waals surface area contributed by atoms with E-state index in [1.165, 1.54) is 0 Å². The van der Waals surface area contributed by atoms with Crippen LogP contribution in [0.5, 0.6) is 5.75 Å². The van der Waals surface area contributed by atoms with Crippen LogP contribution < -0.4 is 10.1 Å². The summed E-state index contributed by atoms with van der Waals surface area (Å²) in [7, 11) is 1.68. The molecule has 2 unspecified atom stereocenters. The number of hydrogen-bond donors (Lipinski definition) is 1. The van der Waals surface area contributed by atoms with Gasteiger partial charge in [-0.3, -0.25) is 4.68 Å². The Morgan fingerprint density at radius 3 is 2.63 bits per heavy atom. The van der Waals surface area contributed by atoms with Crippen LogP contribution in [0, 0.1) is 0 Å². The minimum atomic E-state index is 0.0763. The molecule has 0 aliphatic rings. The van der Waals surface area contributed by atoms with E-state index in [4.69, 9.17) is 9.47 Å². The lowest BCUT2D eigenvalue weighted by atomic mass is 10.1. The average Bonchev–Trinajstić information content (AvgIpc) is 2.82. The van der Waals surface area contributed by atoms with Gasteiger partial charge in [0.1, 0.15) is 0 Å². The van der Waals surface area contributed by atoms with Gasteiger partial charge in [-0.15, -0.1) is 0 Å². The van der Waals surface area contributed by atoms with E-state index in [1.54, 1.807) is 13.3 Å². The lowest BCUT2D eigenvalue weighted by molar-refractivity contribution is 0.0442. The fourth-order valence-corrected chi connectivity index (χ4v) is 2.24. The maximum Gasteiger partial charge on any atom is 0.161 e. The summed E-state index contributed by atoms with van der Waals surface area (Å²) in [6.45, 7) is 10.8. The third-order valence-corrected chi connectivity index (χ3v) is 3.17. The topological polar surface area (TPSA) is 48.3 Å². The van der Waals surface area contributed by atoms with Crippen molar-refractivity contribution >= 4 is 0 Å². The van der Waals surface area contributed by atoms with Gasteiger partial charge in [-0.1, -0.05) is 6.92 Å². The van der Waals surface area contributed by atoms with Crippen molar-refractivity contribution in [2.45, 2.75) is 52.8 Å². The fourth-order valence-electron chi connectivity index (χ4n) is 2.24. The first-order valence-electron chi connectivity index (χ1n) is 7.14. The van der Waals surface area contributed by atoms with Gasteiger partial charge in [0.25, 0.3) is 0 Å². The Balaban J connectivity index is 3.03. The van der Waals surface area contributed by atoms with Crippen LogP contribution in [-0.4, -0.2) is 36.1 Å².